The minimum atomic E-state index is 0.974. The fourth-order valence-electron chi connectivity index (χ4n) is 25.4. The summed E-state index contributed by atoms with van der Waals surface area (Å²) in [4.78, 5) is 10.9. The molecule has 0 aliphatic heterocycles. The lowest BCUT2D eigenvalue weighted by molar-refractivity contribution is 1.03. The Hall–Kier alpha value is -19.0. The van der Waals surface area contributed by atoms with Crippen LogP contribution in [0.4, 0.5) is 68.2 Å². The minimum absolute atomic E-state index is 0.974. The maximum absolute atomic E-state index is 2.73. The first-order chi connectivity index (χ1) is 72.9. The predicted octanol–water partition coefficient (Wildman–Crippen LogP) is 36.5. The number of benzene rings is 20. The minimum Gasteiger partial charge on any atom is -0.312 e. The van der Waals surface area contributed by atoms with E-state index in [1.807, 2.05) is 0 Å². The van der Waals surface area contributed by atoms with Gasteiger partial charge in [-0.05, 0) is 213 Å². The zero-order valence-corrected chi connectivity index (χ0v) is 83.4. The van der Waals surface area contributed by atoms with Gasteiger partial charge in [0, 0.05) is 166 Å². The first-order valence-electron chi connectivity index (χ1n) is 51.2. The van der Waals surface area contributed by atoms with Gasteiger partial charge in [0.25, 0.3) is 0 Å². The van der Waals surface area contributed by atoms with Crippen molar-refractivity contribution in [2.75, 3.05) is 19.6 Å². The quantitative estimate of drug-likeness (QED) is 0.0714. The molecule has 0 spiro atoms. The molecule has 0 aliphatic carbocycles. The van der Waals surface area contributed by atoms with Crippen LogP contribution >= 0.6 is 0 Å². The molecule has 0 aliphatic rings. The standard InChI is InChI=1S/C136H102N12/c1-87-129(107-65-33-41-73-115(107)137(87)95-49-17-9-18-50-95)145(130-88(2)138(96-51-19-10-20-52-96)116-74-42-34-66-108(116)130)123-85-124(146(131-89(3)139(97-53-21-11-22-54-97)117-75-43-35-67-109(117)131)132-90(4)140(98-55-23-12-24-56-98)118-76-44-36-68-110(118)132)104-83-84-106-126(148(135-93(7)143(101-61-29-15-30-62-101)121-79-47-39-71-113(121)135)136-94(8)144(102-63-31-16-32-64-102)122-80-48-40-72-114(122)136)86-125(105-82-81-103(123)127(104)128(105)106)147(133-91(5)141(99-57-25-13-26-58-99)119-77-45-37-69-111(119)133)134-92(6)142(100-59-27-14-28-60-100)120-78-46-38-70-112(120)134/h9-86H,1-8H3. The van der Waals surface area contributed by atoms with Crippen LogP contribution in [0.2, 0.25) is 0 Å². The molecule has 0 saturated heterocycles. The third kappa shape index (κ3) is 12.9. The molecule has 28 aromatic rings. The Labute approximate surface area is 857 Å². The van der Waals surface area contributed by atoms with E-state index in [1.54, 1.807) is 0 Å². The lowest BCUT2D eigenvalue weighted by atomic mass is 9.88. The molecule has 706 valence electrons. The summed E-state index contributed by atoms with van der Waals surface area (Å²) in [5, 5.41) is 15.0. The van der Waals surface area contributed by atoms with Gasteiger partial charge in [-0.1, -0.05) is 315 Å². The van der Waals surface area contributed by atoms with E-state index in [0.29, 0.717) is 0 Å². The van der Waals surface area contributed by atoms with Crippen molar-refractivity contribution < 1.29 is 0 Å². The Morgan fingerprint density at radius 3 is 0.365 bits per heavy atom. The second kappa shape index (κ2) is 34.4. The Morgan fingerprint density at radius 1 is 0.122 bits per heavy atom. The van der Waals surface area contributed by atoms with E-state index in [1.165, 1.54) is 0 Å². The monoisotopic (exact) mass is 1900 g/mol. The topological polar surface area (TPSA) is 52.4 Å². The van der Waals surface area contributed by atoms with E-state index in [9.17, 15) is 0 Å². The molecule has 8 heterocycles. The SMILES string of the molecule is Cc1c(N(c2cc(N(c3c(C)n(-c4ccccc4)c4ccccc34)c3c(C)n(-c4ccccc4)c4ccccc34)c3ccc4c(N(c5c(C)n(-c6ccccc6)c6ccccc56)c5c(C)n(-c6ccccc6)c6ccccc56)cc(N(c5c(C)n(-c6ccccc6)c6ccccc56)c5c(C)n(-c6ccccc6)c6ccccc56)c5ccc2c3c54)c2c(C)n(-c3ccccc3)c3ccccc23)c2ccccc2n1-c1ccccc1. The van der Waals surface area contributed by atoms with Crippen molar-refractivity contribution in [3.8, 4) is 45.5 Å². The molecule has 12 heteroatoms. The van der Waals surface area contributed by atoms with Crippen LogP contribution in [0.5, 0.6) is 0 Å². The summed E-state index contributed by atoms with van der Waals surface area (Å²) < 4.78 is 20.0. The van der Waals surface area contributed by atoms with Gasteiger partial charge in [0.15, 0.2) is 0 Å². The second-order valence-electron chi connectivity index (χ2n) is 39.2. The molecule has 0 fully saturated rings. The van der Waals surface area contributed by atoms with Crippen molar-refractivity contribution in [3.05, 3.63) is 519 Å². The van der Waals surface area contributed by atoms with Crippen molar-refractivity contribution in [1.29, 1.82) is 0 Å². The number of nitrogens with zero attached hydrogens (tertiary/aromatic N) is 12. The fourth-order valence-corrected chi connectivity index (χ4v) is 25.4. The molecule has 0 atom stereocenters. The van der Waals surface area contributed by atoms with Gasteiger partial charge in [-0.15, -0.1) is 0 Å². The van der Waals surface area contributed by atoms with Crippen LogP contribution in [0.1, 0.15) is 45.6 Å². The normalized spacial score (nSPS) is 11.9. The third-order valence-corrected chi connectivity index (χ3v) is 31.3. The van der Waals surface area contributed by atoms with Gasteiger partial charge >= 0.3 is 0 Å². The lowest BCUT2D eigenvalue weighted by Crippen LogP contribution is -2.18. The van der Waals surface area contributed by atoms with Crippen LogP contribution in [0.15, 0.2) is 473 Å². The van der Waals surface area contributed by atoms with Crippen LogP contribution in [-0.4, -0.2) is 36.5 Å². The van der Waals surface area contributed by atoms with Gasteiger partial charge in [-0.25, -0.2) is 0 Å². The second-order valence-corrected chi connectivity index (χ2v) is 39.2. The first kappa shape index (κ1) is 86.8. The number of fused-ring (bicyclic) bond motifs is 8. The smallest absolute Gasteiger partial charge is 0.0752 e. The highest BCUT2D eigenvalue weighted by Gasteiger charge is 2.40. The number of rotatable bonds is 20. The molecule has 12 nitrogen and oxygen atoms in total. The number of anilines is 12. The van der Waals surface area contributed by atoms with E-state index in [0.717, 1.165) is 279 Å². The maximum Gasteiger partial charge on any atom is 0.0752 e. The van der Waals surface area contributed by atoms with Gasteiger partial charge in [-0.3, -0.25) is 0 Å². The van der Waals surface area contributed by atoms with Crippen LogP contribution in [0.3, 0.4) is 0 Å². The van der Waals surface area contributed by atoms with Gasteiger partial charge in [0.05, 0.1) is 112 Å². The first-order valence-corrected chi connectivity index (χ1v) is 51.2. The fraction of sp³-hybridized carbons (Fsp3) is 0.0588. The molecule has 148 heavy (non-hydrogen) atoms. The highest BCUT2D eigenvalue weighted by Crippen LogP contribution is 2.63. The summed E-state index contributed by atoms with van der Waals surface area (Å²) in [6.45, 7) is 18.9. The zero-order chi connectivity index (χ0) is 99.0. The summed E-state index contributed by atoms with van der Waals surface area (Å²) in [6.07, 6.45) is 0. The van der Waals surface area contributed by atoms with Crippen LogP contribution in [0, 0.1) is 55.4 Å². The highest BCUT2D eigenvalue weighted by molar-refractivity contribution is 6.35. The Balaban J connectivity index is 0.899. The molecule has 0 saturated carbocycles. The third-order valence-electron chi connectivity index (χ3n) is 31.3. The largest absolute Gasteiger partial charge is 0.312 e. The van der Waals surface area contributed by atoms with Crippen molar-refractivity contribution in [2.45, 2.75) is 55.4 Å². The molecule has 0 unspecified atom stereocenters. The van der Waals surface area contributed by atoms with Crippen molar-refractivity contribution in [1.82, 2.24) is 36.5 Å². The zero-order valence-electron chi connectivity index (χ0n) is 83.4. The van der Waals surface area contributed by atoms with Crippen LogP contribution < -0.4 is 19.6 Å². The van der Waals surface area contributed by atoms with Gasteiger partial charge in [0.2, 0.25) is 0 Å². The number of hydrogen-bond donors (Lipinski definition) is 0. The summed E-state index contributed by atoms with van der Waals surface area (Å²) >= 11 is 0. The Bertz CT molecular complexity index is 8490. The van der Waals surface area contributed by atoms with E-state index in [-0.39, 0.29) is 0 Å². The van der Waals surface area contributed by atoms with Crippen LogP contribution in [-0.2, 0) is 0 Å². The van der Waals surface area contributed by atoms with Gasteiger partial charge < -0.3 is 56.1 Å². The number of hydrogen-bond acceptors (Lipinski definition) is 4. The molecule has 28 rings (SSSR count). The lowest BCUT2D eigenvalue weighted by Gasteiger charge is -2.35. The number of para-hydroxylation sites is 16. The summed E-state index contributed by atoms with van der Waals surface area (Å²) in [6, 6.07) is 177. The molecule has 0 radical (unpaired) electrons. The molecule has 0 N–H and O–H groups in total. The van der Waals surface area contributed by atoms with E-state index in [4.69, 9.17) is 0 Å². The maximum atomic E-state index is 2.73. The highest BCUT2D eigenvalue weighted by atomic mass is 15.3. The van der Waals surface area contributed by atoms with Crippen molar-refractivity contribution >= 4 is 188 Å². The summed E-state index contributed by atoms with van der Waals surface area (Å²) in [5.41, 5.74) is 37.9. The molecule has 0 amide bonds. The Morgan fingerprint density at radius 2 is 0.236 bits per heavy atom. The van der Waals surface area contributed by atoms with Crippen molar-refractivity contribution in [2.24, 2.45) is 0 Å². The average molecular weight is 1900 g/mol. The molecule has 8 aromatic heterocycles. The average Bonchev–Trinajstić information content (AvgIpc) is 1.39. The van der Waals surface area contributed by atoms with Crippen LogP contribution in [0.25, 0.3) is 165 Å². The number of aromatic nitrogens is 8. The van der Waals surface area contributed by atoms with Crippen molar-refractivity contribution in [3.63, 3.8) is 0 Å². The summed E-state index contributed by atoms with van der Waals surface area (Å²) in [7, 11) is 0. The van der Waals surface area contributed by atoms with E-state index < -0.39 is 0 Å². The van der Waals surface area contributed by atoms with E-state index in [2.05, 4.69) is 585 Å². The van der Waals surface area contributed by atoms with E-state index >= 15 is 0 Å². The molecular weight excluding hydrogens is 1800 g/mol. The predicted molar refractivity (Wildman–Crippen MR) is 621 cm³/mol. The molecular formula is C136H102N12. The molecule has 20 aromatic carbocycles. The summed E-state index contributed by atoms with van der Waals surface area (Å²) in [5.74, 6) is 0. The Kier molecular flexibility index (Phi) is 20.2. The molecule has 0 bridgehead atoms. The van der Waals surface area contributed by atoms with Gasteiger partial charge in [-0.2, -0.15) is 0 Å². The van der Waals surface area contributed by atoms with Gasteiger partial charge in [0.1, 0.15) is 0 Å².